The Hall–Kier alpha value is -1.86. The summed E-state index contributed by atoms with van der Waals surface area (Å²) in [7, 11) is -16.9. The third-order valence-electron chi connectivity index (χ3n) is 6.96. The largest absolute Gasteiger partial charge is 1.00 e. The zero-order valence-electron chi connectivity index (χ0n) is 24.9. The number of amides is 1. The number of primary amides is 1. The molecule has 272 valence electrons. The van der Waals surface area contributed by atoms with Crippen molar-refractivity contribution >= 4 is 46.4 Å². The molecule has 3 aromatic rings. The molecule has 0 radical (unpaired) electrons. The summed E-state index contributed by atoms with van der Waals surface area (Å²) in [5, 5.41) is 31.4. The van der Waals surface area contributed by atoms with Crippen molar-refractivity contribution in [2.24, 2.45) is 5.73 Å². The fourth-order valence-corrected chi connectivity index (χ4v) is 7.38. The molecule has 50 heavy (non-hydrogen) atoms. The molecule has 5 rings (SSSR count). The molecule has 2 aliphatic rings. The maximum absolute atomic E-state index is 12.4. The van der Waals surface area contributed by atoms with Gasteiger partial charge in [-0.25, -0.2) is 23.8 Å². The van der Waals surface area contributed by atoms with E-state index in [1.54, 1.807) is 0 Å². The summed E-state index contributed by atoms with van der Waals surface area (Å²) in [6.07, 6.45) is -8.80. The molecule has 3 aromatic heterocycles. The van der Waals surface area contributed by atoms with Crippen LogP contribution in [0.15, 0.2) is 37.2 Å². The summed E-state index contributed by atoms with van der Waals surface area (Å²) in [5.74, 6) is -0.876. The summed E-state index contributed by atoms with van der Waals surface area (Å²) in [6.45, 7) is -2.21. The molecule has 4 unspecified atom stereocenters. The van der Waals surface area contributed by atoms with Crippen molar-refractivity contribution in [1.82, 2.24) is 19.5 Å². The summed E-state index contributed by atoms with van der Waals surface area (Å²) in [5.41, 5.74) is 11.0. The number of rotatable bonds is 13. The first kappa shape index (κ1) is 42.6. The van der Waals surface area contributed by atoms with E-state index < -0.39 is 91.7 Å². The molecule has 28 heteroatoms. The maximum atomic E-state index is 12.4. The minimum atomic E-state index is -5.84. The number of carbonyl (C=O) groups excluding carboxylic acids is 1. The van der Waals surface area contributed by atoms with E-state index in [1.165, 1.54) is 29.1 Å². The monoisotopic (exact) mass is 781 g/mol. The molecule has 0 saturated carbocycles. The molecule has 0 aromatic carbocycles. The van der Waals surface area contributed by atoms with E-state index in [1.807, 2.05) is 0 Å². The van der Waals surface area contributed by atoms with E-state index in [0.717, 1.165) is 17.2 Å². The predicted molar refractivity (Wildman–Crippen MR) is 153 cm³/mol. The van der Waals surface area contributed by atoms with E-state index >= 15 is 0 Å². The van der Waals surface area contributed by atoms with Crippen LogP contribution in [0.2, 0.25) is 0 Å². The van der Waals surface area contributed by atoms with Crippen molar-refractivity contribution in [3.05, 3.63) is 42.7 Å². The Morgan fingerprint density at radius 2 is 1.62 bits per heavy atom. The summed E-state index contributed by atoms with van der Waals surface area (Å²) in [6, 6.07) is 2.76. The van der Waals surface area contributed by atoms with E-state index in [-0.39, 0.29) is 59.5 Å². The van der Waals surface area contributed by atoms with Crippen LogP contribution >= 0.6 is 23.5 Å². The Bertz CT molecular complexity index is 1820. The molecule has 2 fully saturated rings. The number of aromatic nitrogens is 5. The third kappa shape index (κ3) is 9.76. The molecule has 9 N–H and O–H groups in total. The quantitative estimate of drug-likeness (QED) is 0.0481. The van der Waals surface area contributed by atoms with E-state index in [4.69, 9.17) is 20.9 Å². The molecule has 5 heterocycles. The summed E-state index contributed by atoms with van der Waals surface area (Å²) in [4.78, 5) is 66.6. The molecule has 24 nitrogen and oxygen atoms in total. The van der Waals surface area contributed by atoms with Gasteiger partial charge < -0.3 is 64.9 Å². The predicted octanol–water partition coefficient (Wildman–Crippen LogP) is -6.52. The molecular weight excluding hydrogens is 750 g/mol. The van der Waals surface area contributed by atoms with Gasteiger partial charge in [0.1, 0.15) is 47.9 Å². The summed E-state index contributed by atoms with van der Waals surface area (Å²) < 4.78 is 67.4. The van der Waals surface area contributed by atoms with Gasteiger partial charge in [0, 0.05) is 6.07 Å². The zero-order valence-corrected chi connectivity index (χ0v) is 29.5. The van der Waals surface area contributed by atoms with Crippen LogP contribution < -0.4 is 55.4 Å². The number of nitrogens with two attached hydrogens (primary N) is 2. The second-order valence-corrected chi connectivity index (χ2v) is 14.4. The van der Waals surface area contributed by atoms with E-state index in [0.29, 0.717) is 0 Å². The van der Waals surface area contributed by atoms with Crippen molar-refractivity contribution in [2.75, 3.05) is 18.9 Å². The molecular formula is C22H31N7NaO17P3. The second kappa shape index (κ2) is 16.4. The van der Waals surface area contributed by atoms with Crippen LogP contribution in [0.4, 0.5) is 5.82 Å². The Morgan fingerprint density at radius 1 is 1.00 bits per heavy atom. The number of fused-ring (bicyclic) bond motifs is 1. The van der Waals surface area contributed by atoms with Gasteiger partial charge in [-0.1, -0.05) is 7.43 Å². The van der Waals surface area contributed by atoms with Crippen LogP contribution in [0.5, 0.6) is 0 Å². The van der Waals surface area contributed by atoms with Crippen LogP contribution in [0, 0.1) is 0 Å². The smallest absolute Gasteiger partial charge is 0.756 e. The van der Waals surface area contributed by atoms with Gasteiger partial charge in [0.2, 0.25) is 0 Å². The second-order valence-electron chi connectivity index (χ2n) is 10.2. The maximum Gasteiger partial charge on any atom is 1.00 e. The van der Waals surface area contributed by atoms with Gasteiger partial charge in [0.15, 0.2) is 36.2 Å². The standard InChI is InChI=1S/C21H28N7O17P3.CH4.Na/c22-17-12-19(25-7-24-17)28(8-26-12)21-16(44-46(33,34)35)14(30)11(43-21)6-41-48(38,39)45-47(36,37)40-5-10-13(29)15(31)20(42-10)27-3-1-2-9(4-27)18(23)32;;/h1-4,7-8,10-11,13-16,20-21,29-31H,5-6H2,(H7-,22,23,24,25,32,33,34,35,36,37,38,39);1H4;/q;;+1/p-1/t10-,11-,13?,14+,15+,16?,20-,21-;;/m1../s1. The van der Waals surface area contributed by atoms with Gasteiger partial charge in [-0.2, -0.15) is 4.57 Å². The molecule has 0 aliphatic carbocycles. The third-order valence-corrected chi connectivity index (χ3v) is 10.0. The number of hydrogen-bond donors (Lipinski definition) is 7. The average Bonchev–Trinajstić information content (AvgIpc) is 3.64. The van der Waals surface area contributed by atoms with Crippen LogP contribution in [-0.2, 0) is 41.1 Å². The van der Waals surface area contributed by atoms with Gasteiger partial charge >= 0.3 is 37.4 Å². The minimum Gasteiger partial charge on any atom is -0.756 e. The Labute approximate surface area is 303 Å². The van der Waals surface area contributed by atoms with Gasteiger partial charge in [-0.05, 0) is 6.07 Å². The normalized spacial score (nSPS) is 29.1. The van der Waals surface area contributed by atoms with Gasteiger partial charge in [0.05, 0.1) is 19.5 Å². The molecule has 2 aliphatic heterocycles. The molecule has 1 amide bonds. The van der Waals surface area contributed by atoms with E-state index in [9.17, 15) is 53.4 Å². The number of aliphatic hydroxyl groups excluding tert-OH is 3. The first-order chi connectivity index (χ1) is 22.4. The zero-order chi connectivity index (χ0) is 35.2. The van der Waals surface area contributed by atoms with Gasteiger partial charge in [0.25, 0.3) is 27.8 Å². The topological polar surface area (TPSA) is 370 Å². The summed E-state index contributed by atoms with van der Waals surface area (Å²) >= 11 is 0. The number of anilines is 1. The van der Waals surface area contributed by atoms with Gasteiger partial charge in [-0.3, -0.25) is 23.0 Å². The number of imidazole rings is 1. The number of phosphoric ester groups is 3. The molecule has 2 saturated heterocycles. The fraction of sp³-hybridized carbons (Fsp3) is 0.500. The van der Waals surface area contributed by atoms with E-state index in [2.05, 4.69) is 32.8 Å². The average molecular weight is 781 g/mol. The number of hydrogen-bond acceptors (Lipinski definition) is 19. The Morgan fingerprint density at radius 3 is 2.22 bits per heavy atom. The molecule has 0 bridgehead atoms. The van der Waals surface area contributed by atoms with Crippen molar-refractivity contribution in [3.8, 4) is 0 Å². The fourth-order valence-electron chi connectivity index (χ4n) is 4.82. The van der Waals surface area contributed by atoms with Crippen molar-refractivity contribution in [1.29, 1.82) is 0 Å². The number of pyridine rings is 1. The van der Waals surface area contributed by atoms with Crippen molar-refractivity contribution in [2.45, 2.75) is 56.5 Å². The van der Waals surface area contributed by atoms with Crippen LogP contribution in [0.1, 0.15) is 30.2 Å². The SMILES string of the molecule is C.NC(=O)c1ccc[n+]([C@@H]2O[C@H](COP(=O)([O-])OP(=O)([O-])OC[C@H]3O[C@@H](n4cnc5c(N)ncnc54)C(OP(=O)(O)O)[C@H]3O)C(O)[C@@H]2O)c1.[Na+]. The van der Waals surface area contributed by atoms with Crippen molar-refractivity contribution in [3.63, 3.8) is 0 Å². The number of ether oxygens (including phenoxy) is 2. The van der Waals surface area contributed by atoms with Gasteiger partial charge in [-0.15, -0.1) is 0 Å². The minimum absolute atomic E-state index is 0. The van der Waals surface area contributed by atoms with Crippen molar-refractivity contribution < 1.29 is 115 Å². The van der Waals surface area contributed by atoms with Crippen LogP contribution in [0.25, 0.3) is 11.2 Å². The first-order valence-electron chi connectivity index (χ1n) is 13.3. The Kier molecular flexibility index (Phi) is 14.0. The first-order valence-corrected chi connectivity index (χ1v) is 17.8. The number of carbonyl (C=O) groups is 1. The number of nitrogen functional groups attached to an aromatic ring is 1. The number of aliphatic hydroxyl groups is 3. The number of phosphoric acid groups is 3. The van der Waals surface area contributed by atoms with Crippen LogP contribution in [0.3, 0.4) is 0 Å². The Balaban J connectivity index is 0.00000338. The molecule has 10 atom stereocenters. The number of nitrogens with zero attached hydrogens (tertiary/aromatic N) is 5. The molecule has 0 spiro atoms. The van der Waals surface area contributed by atoms with Crippen LogP contribution in [-0.4, -0.2) is 100 Å².